The fourth-order valence-corrected chi connectivity index (χ4v) is 3.45. The number of hydrogen-bond acceptors (Lipinski definition) is 1. The van der Waals surface area contributed by atoms with Crippen molar-refractivity contribution in [1.82, 2.24) is 0 Å². The highest BCUT2D eigenvalue weighted by Crippen LogP contribution is 2.38. The Labute approximate surface area is 101 Å². The predicted molar refractivity (Wildman–Crippen MR) is 71.0 cm³/mol. The molecule has 0 atom stereocenters. The lowest BCUT2D eigenvalue weighted by Crippen LogP contribution is -2.25. The molecular formula is C14H27BO. The van der Waals surface area contributed by atoms with E-state index in [4.69, 9.17) is 4.65 Å². The topological polar surface area (TPSA) is 9.23 Å². The van der Waals surface area contributed by atoms with Gasteiger partial charge in [-0.3, -0.25) is 0 Å². The molecular weight excluding hydrogens is 195 g/mol. The van der Waals surface area contributed by atoms with Crippen molar-refractivity contribution in [2.75, 3.05) is 0 Å². The lowest BCUT2D eigenvalue weighted by Gasteiger charge is -2.20. The van der Waals surface area contributed by atoms with Gasteiger partial charge in [0, 0.05) is 6.10 Å². The van der Waals surface area contributed by atoms with Gasteiger partial charge in [-0.1, -0.05) is 58.3 Å². The first-order valence-corrected chi connectivity index (χ1v) is 7.55. The molecule has 0 radical (unpaired) electrons. The first kappa shape index (κ1) is 12.5. The maximum absolute atomic E-state index is 6.32. The Bertz CT molecular complexity index is 185. The van der Waals surface area contributed by atoms with E-state index in [0.29, 0.717) is 13.0 Å². The molecule has 0 saturated carbocycles. The average Bonchev–Trinajstić information content (AvgIpc) is 2.55. The van der Waals surface area contributed by atoms with Crippen molar-refractivity contribution >= 4 is 6.92 Å². The molecule has 0 aromatic heterocycles. The second kappa shape index (κ2) is 6.69. The van der Waals surface area contributed by atoms with Gasteiger partial charge in [0.05, 0.1) is 0 Å². The van der Waals surface area contributed by atoms with Crippen molar-refractivity contribution in [2.24, 2.45) is 0 Å². The maximum atomic E-state index is 6.32. The van der Waals surface area contributed by atoms with Gasteiger partial charge < -0.3 is 4.65 Å². The zero-order chi connectivity index (χ0) is 11.2. The summed E-state index contributed by atoms with van der Waals surface area (Å²) in [5, 5.41) is 0. The fourth-order valence-electron chi connectivity index (χ4n) is 3.45. The van der Waals surface area contributed by atoms with Gasteiger partial charge in [-0.15, -0.1) is 0 Å². The zero-order valence-corrected chi connectivity index (χ0v) is 10.9. The van der Waals surface area contributed by atoms with E-state index in [0.717, 1.165) is 5.82 Å². The Morgan fingerprint density at radius 3 is 2.44 bits per heavy atom. The summed E-state index contributed by atoms with van der Waals surface area (Å²) in [5.41, 5.74) is 0. The van der Waals surface area contributed by atoms with Crippen LogP contribution in [0.4, 0.5) is 0 Å². The molecule has 0 spiro atoms. The molecule has 2 aliphatic heterocycles. The Balaban J connectivity index is 1.78. The Morgan fingerprint density at radius 1 is 1.00 bits per heavy atom. The van der Waals surface area contributed by atoms with Crippen molar-refractivity contribution in [3.8, 4) is 0 Å². The Morgan fingerprint density at radius 2 is 1.75 bits per heavy atom. The van der Waals surface area contributed by atoms with Gasteiger partial charge in [0.25, 0.3) is 6.92 Å². The number of hydrogen-bond donors (Lipinski definition) is 0. The fraction of sp³-hybridized carbons (Fsp3) is 1.00. The van der Waals surface area contributed by atoms with Gasteiger partial charge in [-0.25, -0.2) is 0 Å². The minimum Gasteiger partial charge on any atom is -0.433 e. The molecule has 0 unspecified atom stereocenters. The van der Waals surface area contributed by atoms with Crippen LogP contribution in [-0.2, 0) is 4.65 Å². The van der Waals surface area contributed by atoms with Gasteiger partial charge in [0.1, 0.15) is 0 Å². The van der Waals surface area contributed by atoms with Gasteiger partial charge >= 0.3 is 0 Å². The quantitative estimate of drug-likeness (QED) is 0.484. The smallest absolute Gasteiger partial charge is 0.296 e. The minimum atomic E-state index is 0.615. The van der Waals surface area contributed by atoms with Crippen LogP contribution in [0.5, 0.6) is 0 Å². The van der Waals surface area contributed by atoms with E-state index in [-0.39, 0.29) is 0 Å². The highest BCUT2D eigenvalue weighted by molar-refractivity contribution is 6.53. The van der Waals surface area contributed by atoms with Gasteiger partial charge in [-0.05, 0) is 25.0 Å². The molecule has 2 fully saturated rings. The highest BCUT2D eigenvalue weighted by atomic mass is 16.4. The van der Waals surface area contributed by atoms with Crippen molar-refractivity contribution in [2.45, 2.75) is 89.4 Å². The normalized spacial score (nSPS) is 30.2. The summed E-state index contributed by atoms with van der Waals surface area (Å²) in [6.45, 7) is 2.90. The van der Waals surface area contributed by atoms with Crippen LogP contribution in [0, 0.1) is 0 Å². The number of rotatable bonds is 5. The highest BCUT2D eigenvalue weighted by Gasteiger charge is 2.34. The molecule has 0 amide bonds. The van der Waals surface area contributed by atoms with Crippen LogP contribution in [0.15, 0.2) is 0 Å². The molecule has 2 saturated heterocycles. The maximum Gasteiger partial charge on any atom is 0.296 e. The van der Waals surface area contributed by atoms with E-state index in [9.17, 15) is 0 Å². The van der Waals surface area contributed by atoms with E-state index in [1.807, 2.05) is 0 Å². The third kappa shape index (κ3) is 3.51. The Kier molecular flexibility index (Phi) is 5.22. The standard InChI is InChI=1S/C14H27BO/c1-2-3-4-5-12-15-13-8-6-10-14(16-15)11-7-9-13/h13-14H,2-12H2,1H3. The van der Waals surface area contributed by atoms with Crippen LogP contribution in [-0.4, -0.2) is 13.0 Å². The molecule has 0 aromatic carbocycles. The second-order valence-corrected chi connectivity index (χ2v) is 5.77. The summed E-state index contributed by atoms with van der Waals surface area (Å²) in [7, 11) is 0. The molecule has 2 rings (SSSR count). The van der Waals surface area contributed by atoms with Crippen LogP contribution in [0.2, 0.25) is 12.1 Å². The molecule has 92 valence electrons. The molecule has 2 bridgehead atoms. The van der Waals surface area contributed by atoms with Crippen molar-refractivity contribution in [3.05, 3.63) is 0 Å². The number of fused-ring (bicyclic) bond motifs is 3. The summed E-state index contributed by atoms with van der Waals surface area (Å²) < 4.78 is 6.32. The minimum absolute atomic E-state index is 0.615. The third-order valence-corrected chi connectivity index (χ3v) is 4.44. The largest absolute Gasteiger partial charge is 0.433 e. The van der Waals surface area contributed by atoms with Crippen molar-refractivity contribution < 1.29 is 4.65 Å². The molecule has 0 aliphatic carbocycles. The summed E-state index contributed by atoms with van der Waals surface area (Å²) in [4.78, 5) is 0. The molecule has 1 nitrogen and oxygen atoms in total. The second-order valence-electron chi connectivity index (χ2n) is 5.77. The van der Waals surface area contributed by atoms with Gasteiger partial charge in [-0.2, -0.15) is 0 Å². The first-order valence-electron chi connectivity index (χ1n) is 7.55. The van der Waals surface area contributed by atoms with E-state index >= 15 is 0 Å². The molecule has 2 heteroatoms. The SMILES string of the molecule is CCCCCCB1OC2CCCC1CCC2. The molecule has 0 N–H and O–H groups in total. The van der Waals surface area contributed by atoms with Gasteiger partial charge in [0.15, 0.2) is 0 Å². The summed E-state index contributed by atoms with van der Waals surface area (Å²) >= 11 is 0. The van der Waals surface area contributed by atoms with E-state index in [1.54, 1.807) is 0 Å². The number of unbranched alkanes of at least 4 members (excludes halogenated alkanes) is 3. The van der Waals surface area contributed by atoms with E-state index in [1.165, 1.54) is 70.5 Å². The van der Waals surface area contributed by atoms with E-state index < -0.39 is 0 Å². The molecule has 2 aliphatic rings. The predicted octanol–water partition coefficient (Wildman–Crippen LogP) is 4.68. The summed E-state index contributed by atoms with van der Waals surface area (Å²) in [6.07, 6.45) is 15.9. The molecule has 2 heterocycles. The summed E-state index contributed by atoms with van der Waals surface area (Å²) in [5.74, 6) is 0.897. The van der Waals surface area contributed by atoms with Crippen molar-refractivity contribution in [3.63, 3.8) is 0 Å². The Hall–Kier alpha value is 0.0249. The third-order valence-electron chi connectivity index (χ3n) is 4.44. The van der Waals surface area contributed by atoms with Crippen molar-refractivity contribution in [1.29, 1.82) is 0 Å². The van der Waals surface area contributed by atoms with Crippen LogP contribution < -0.4 is 0 Å². The van der Waals surface area contributed by atoms with Crippen LogP contribution in [0.3, 0.4) is 0 Å². The zero-order valence-electron chi connectivity index (χ0n) is 10.9. The van der Waals surface area contributed by atoms with Gasteiger partial charge in [0.2, 0.25) is 0 Å². The summed E-state index contributed by atoms with van der Waals surface area (Å²) in [6, 6.07) is 0. The average molecular weight is 222 g/mol. The lowest BCUT2D eigenvalue weighted by molar-refractivity contribution is 0.187. The lowest BCUT2D eigenvalue weighted by atomic mass is 9.50. The molecule has 16 heavy (non-hydrogen) atoms. The van der Waals surface area contributed by atoms with E-state index in [2.05, 4.69) is 6.92 Å². The molecule has 0 aromatic rings. The van der Waals surface area contributed by atoms with Crippen LogP contribution >= 0.6 is 0 Å². The van der Waals surface area contributed by atoms with Crippen LogP contribution in [0.25, 0.3) is 0 Å². The van der Waals surface area contributed by atoms with Crippen LogP contribution in [0.1, 0.15) is 71.1 Å². The monoisotopic (exact) mass is 222 g/mol. The first-order chi connectivity index (χ1) is 7.90.